The average Bonchev–Trinajstić information content (AvgIpc) is 3.18. The van der Waals surface area contributed by atoms with Crippen LogP contribution in [0.4, 0.5) is 0 Å². The smallest absolute Gasteiger partial charge is 0.268 e. The fraction of sp³-hybridized carbons (Fsp3) is 0.667. The number of piperidine rings is 1. The van der Waals surface area contributed by atoms with E-state index < -0.39 is 10.0 Å². The Morgan fingerprint density at radius 2 is 2.05 bits per heavy atom. The zero-order valence-corrected chi connectivity index (χ0v) is 13.9. The Bertz CT molecular complexity index is 676. The molecule has 3 rings (SSSR count). The zero-order chi connectivity index (χ0) is 15.9. The fourth-order valence-electron chi connectivity index (χ4n) is 2.90. The molecule has 0 spiro atoms. The quantitative estimate of drug-likeness (QED) is 0.908. The second kappa shape index (κ2) is 5.70. The number of nitrogens with zero attached hydrogens (tertiary/aromatic N) is 2. The van der Waals surface area contributed by atoms with Crippen molar-refractivity contribution in [3.05, 3.63) is 18.0 Å². The number of rotatable bonds is 4. The van der Waals surface area contributed by atoms with Crippen LogP contribution in [0.1, 0.15) is 43.1 Å². The Hall–Kier alpha value is -1.34. The van der Waals surface area contributed by atoms with Crippen LogP contribution >= 0.6 is 0 Å². The predicted molar refractivity (Wildman–Crippen MR) is 83.1 cm³/mol. The SMILES string of the molecule is CC1CCCN(S(=O)(=O)c2cc(C(=O)NC3CC3)n(C)c2)C1. The maximum absolute atomic E-state index is 12.7. The minimum absolute atomic E-state index is 0.196. The third kappa shape index (κ3) is 3.05. The van der Waals surface area contributed by atoms with Crippen molar-refractivity contribution in [2.24, 2.45) is 13.0 Å². The van der Waals surface area contributed by atoms with E-state index in [1.807, 2.05) is 0 Å². The molecule has 2 fully saturated rings. The minimum atomic E-state index is -3.51. The molecule has 122 valence electrons. The van der Waals surface area contributed by atoms with Gasteiger partial charge in [0.2, 0.25) is 10.0 Å². The lowest BCUT2D eigenvalue weighted by Crippen LogP contribution is -2.38. The van der Waals surface area contributed by atoms with Gasteiger partial charge in [-0.05, 0) is 37.7 Å². The second-order valence-corrected chi connectivity index (χ2v) is 8.47. The second-order valence-electron chi connectivity index (χ2n) is 6.53. The predicted octanol–water partition coefficient (Wildman–Crippen LogP) is 1.34. The zero-order valence-electron chi connectivity index (χ0n) is 13.1. The van der Waals surface area contributed by atoms with Gasteiger partial charge in [0.1, 0.15) is 10.6 Å². The summed E-state index contributed by atoms with van der Waals surface area (Å²) in [6, 6.07) is 1.75. The Labute approximate surface area is 131 Å². The van der Waals surface area contributed by atoms with Crippen LogP contribution in [0, 0.1) is 5.92 Å². The highest BCUT2D eigenvalue weighted by atomic mass is 32.2. The first-order valence-corrected chi connectivity index (χ1v) is 9.29. The fourth-order valence-corrected chi connectivity index (χ4v) is 4.57. The number of aryl methyl sites for hydroxylation is 1. The highest BCUT2D eigenvalue weighted by molar-refractivity contribution is 7.89. The van der Waals surface area contributed by atoms with E-state index in [0.717, 1.165) is 25.7 Å². The van der Waals surface area contributed by atoms with Crippen LogP contribution in [0.25, 0.3) is 0 Å². The molecular formula is C15H23N3O3S. The van der Waals surface area contributed by atoms with E-state index in [2.05, 4.69) is 12.2 Å². The first-order valence-electron chi connectivity index (χ1n) is 7.85. The van der Waals surface area contributed by atoms with Crippen LogP contribution in [0.2, 0.25) is 0 Å². The molecule has 1 amide bonds. The highest BCUT2D eigenvalue weighted by Crippen LogP contribution is 2.25. The summed E-state index contributed by atoms with van der Waals surface area (Å²) in [5.41, 5.74) is 0.399. The number of aromatic nitrogens is 1. The lowest BCUT2D eigenvalue weighted by molar-refractivity contribution is 0.0943. The van der Waals surface area contributed by atoms with Gasteiger partial charge in [0, 0.05) is 32.4 Å². The molecule has 6 nitrogen and oxygen atoms in total. The summed E-state index contributed by atoms with van der Waals surface area (Å²) in [7, 11) is -1.80. The molecule has 1 unspecified atom stereocenters. The molecule has 1 saturated heterocycles. The average molecular weight is 325 g/mol. The van der Waals surface area contributed by atoms with E-state index in [1.54, 1.807) is 15.9 Å². The lowest BCUT2D eigenvalue weighted by Gasteiger charge is -2.29. The van der Waals surface area contributed by atoms with Crippen molar-refractivity contribution < 1.29 is 13.2 Å². The molecule has 7 heteroatoms. The van der Waals surface area contributed by atoms with E-state index in [9.17, 15) is 13.2 Å². The van der Waals surface area contributed by atoms with Crippen molar-refractivity contribution in [1.82, 2.24) is 14.2 Å². The molecule has 1 N–H and O–H groups in total. The topological polar surface area (TPSA) is 71.4 Å². The third-order valence-corrected chi connectivity index (χ3v) is 6.21. The Kier molecular flexibility index (Phi) is 4.03. The van der Waals surface area contributed by atoms with Crippen LogP contribution in [0.3, 0.4) is 0 Å². The van der Waals surface area contributed by atoms with Crippen LogP contribution in [-0.2, 0) is 17.1 Å². The molecular weight excluding hydrogens is 302 g/mol. The molecule has 0 radical (unpaired) electrons. The minimum Gasteiger partial charge on any atom is -0.348 e. The summed E-state index contributed by atoms with van der Waals surface area (Å²) in [5.74, 6) is 0.184. The largest absolute Gasteiger partial charge is 0.348 e. The number of hydrogen-bond acceptors (Lipinski definition) is 3. The van der Waals surface area contributed by atoms with E-state index >= 15 is 0 Å². The molecule has 2 aliphatic rings. The maximum Gasteiger partial charge on any atom is 0.268 e. The van der Waals surface area contributed by atoms with Gasteiger partial charge in [-0.3, -0.25) is 4.79 Å². The Morgan fingerprint density at radius 1 is 1.32 bits per heavy atom. The number of nitrogens with one attached hydrogen (secondary N) is 1. The van der Waals surface area contributed by atoms with Gasteiger partial charge >= 0.3 is 0 Å². The Balaban J connectivity index is 1.83. The molecule has 1 atom stereocenters. The lowest BCUT2D eigenvalue weighted by atomic mass is 10.0. The monoisotopic (exact) mass is 325 g/mol. The van der Waals surface area contributed by atoms with Gasteiger partial charge in [0.15, 0.2) is 0 Å². The van der Waals surface area contributed by atoms with Gasteiger partial charge < -0.3 is 9.88 Å². The number of hydrogen-bond donors (Lipinski definition) is 1. The summed E-state index contributed by atoms with van der Waals surface area (Å²) in [6.45, 7) is 3.19. The molecule has 1 aromatic heterocycles. The summed E-state index contributed by atoms with van der Waals surface area (Å²) in [4.78, 5) is 12.4. The van der Waals surface area contributed by atoms with Crippen molar-refractivity contribution in [2.75, 3.05) is 13.1 Å². The van der Waals surface area contributed by atoms with Crippen molar-refractivity contribution in [1.29, 1.82) is 0 Å². The van der Waals surface area contributed by atoms with Gasteiger partial charge in [-0.1, -0.05) is 6.92 Å². The third-order valence-electron chi connectivity index (χ3n) is 4.38. The van der Waals surface area contributed by atoms with Crippen molar-refractivity contribution in [3.8, 4) is 0 Å². The number of carbonyl (C=O) groups is 1. The van der Waals surface area contributed by atoms with E-state index in [0.29, 0.717) is 24.7 Å². The van der Waals surface area contributed by atoms with Crippen molar-refractivity contribution >= 4 is 15.9 Å². The van der Waals surface area contributed by atoms with Gasteiger partial charge in [-0.2, -0.15) is 4.31 Å². The molecule has 0 aromatic carbocycles. The molecule has 0 bridgehead atoms. The molecule has 1 aromatic rings. The maximum atomic E-state index is 12.7. The van der Waals surface area contributed by atoms with Gasteiger partial charge in [-0.15, -0.1) is 0 Å². The summed E-state index contributed by atoms with van der Waals surface area (Å²) in [5, 5.41) is 2.89. The van der Waals surface area contributed by atoms with E-state index in [-0.39, 0.29) is 16.8 Å². The van der Waals surface area contributed by atoms with Gasteiger partial charge in [0.25, 0.3) is 5.91 Å². The summed E-state index contributed by atoms with van der Waals surface area (Å²) < 4.78 is 28.6. The van der Waals surface area contributed by atoms with E-state index in [1.165, 1.54) is 12.3 Å². The van der Waals surface area contributed by atoms with Crippen LogP contribution in [0.5, 0.6) is 0 Å². The highest BCUT2D eigenvalue weighted by Gasteiger charge is 2.31. The molecule has 22 heavy (non-hydrogen) atoms. The number of amides is 1. The van der Waals surface area contributed by atoms with Crippen LogP contribution < -0.4 is 5.32 Å². The number of sulfonamides is 1. The van der Waals surface area contributed by atoms with E-state index in [4.69, 9.17) is 0 Å². The molecule has 1 aliphatic heterocycles. The van der Waals surface area contributed by atoms with Crippen LogP contribution in [0.15, 0.2) is 17.2 Å². The van der Waals surface area contributed by atoms with Crippen LogP contribution in [-0.4, -0.2) is 42.3 Å². The normalized spacial score (nSPS) is 23.5. The van der Waals surface area contributed by atoms with Crippen molar-refractivity contribution in [2.45, 2.75) is 43.5 Å². The standard InChI is InChI=1S/C15H23N3O3S/c1-11-4-3-7-18(9-11)22(20,21)13-8-14(17(2)10-13)15(19)16-12-5-6-12/h8,10-12H,3-7,9H2,1-2H3,(H,16,19). The summed E-state index contributed by atoms with van der Waals surface area (Å²) >= 11 is 0. The first-order chi connectivity index (χ1) is 10.4. The van der Waals surface area contributed by atoms with Gasteiger partial charge in [0.05, 0.1) is 0 Å². The molecule has 2 heterocycles. The van der Waals surface area contributed by atoms with Gasteiger partial charge in [-0.25, -0.2) is 8.42 Å². The molecule has 1 aliphatic carbocycles. The Morgan fingerprint density at radius 3 is 2.68 bits per heavy atom. The van der Waals surface area contributed by atoms with Crippen molar-refractivity contribution in [3.63, 3.8) is 0 Å². The summed E-state index contributed by atoms with van der Waals surface area (Å²) in [6.07, 6.45) is 5.51. The molecule has 1 saturated carbocycles. The first kappa shape index (κ1) is 15.6. The number of carbonyl (C=O) groups excluding carboxylic acids is 1.